The van der Waals surface area contributed by atoms with Gasteiger partial charge in [-0.3, -0.25) is 10.2 Å². The maximum Gasteiger partial charge on any atom is 0.292 e. The van der Waals surface area contributed by atoms with E-state index < -0.39 is 49.3 Å². The molecule has 0 radical (unpaired) electrons. The Bertz CT molecular complexity index is 1190. The Balaban J connectivity index is 1.65. The van der Waals surface area contributed by atoms with Crippen LogP contribution in [0.15, 0.2) is 72.1 Å². The number of hydrogen-bond donors (Lipinski definition) is 2. The minimum atomic E-state index is -4.16. The number of halogens is 2. The molecule has 2 N–H and O–H groups in total. The maximum absolute atomic E-state index is 14.5. The predicted molar refractivity (Wildman–Crippen MR) is 123 cm³/mol. The van der Waals surface area contributed by atoms with Gasteiger partial charge in [0, 0.05) is 18.7 Å². The number of allylic oxidation sites excluding steroid dienone is 1. The van der Waals surface area contributed by atoms with Gasteiger partial charge < -0.3 is 5.11 Å². The van der Waals surface area contributed by atoms with Crippen LogP contribution in [0.2, 0.25) is 0 Å². The van der Waals surface area contributed by atoms with Gasteiger partial charge in [-0.05, 0) is 37.0 Å². The Morgan fingerprint density at radius 3 is 2.50 bits per heavy atom. The van der Waals surface area contributed by atoms with E-state index in [1.54, 1.807) is 0 Å². The second-order valence-corrected chi connectivity index (χ2v) is 11.2. The number of rotatable bonds is 9. The average Bonchev–Trinajstić information content (AvgIpc) is 3.48. The molecule has 0 aromatic heterocycles. The van der Waals surface area contributed by atoms with Crippen molar-refractivity contribution in [1.29, 1.82) is 5.26 Å². The van der Waals surface area contributed by atoms with Crippen molar-refractivity contribution in [2.45, 2.75) is 59.7 Å². The first-order valence-electron chi connectivity index (χ1n) is 11.1. The minimum absolute atomic E-state index is 0.0405. The molecular weight excluding hydrogens is 460 g/mol. The quantitative estimate of drug-likeness (QED) is 0.416. The van der Waals surface area contributed by atoms with Gasteiger partial charge in [-0.15, -0.1) is 0 Å². The molecule has 0 spiro atoms. The number of nitrogens with zero attached hydrogens (tertiary/aromatic N) is 2. The molecule has 0 amide bonds. The first-order valence-corrected chi connectivity index (χ1v) is 12.7. The molecule has 1 heterocycles. The third-order valence-corrected chi connectivity index (χ3v) is 8.83. The monoisotopic (exact) mass is 487 g/mol. The summed E-state index contributed by atoms with van der Waals surface area (Å²) in [5.74, 6) is -3.50. The van der Waals surface area contributed by atoms with Gasteiger partial charge >= 0.3 is 0 Å². The number of nitriles is 1. The average molecular weight is 488 g/mol. The van der Waals surface area contributed by atoms with Crippen molar-refractivity contribution in [3.63, 3.8) is 0 Å². The first kappa shape index (κ1) is 24.5. The lowest BCUT2D eigenvalue weighted by molar-refractivity contribution is 0.0371. The van der Waals surface area contributed by atoms with Crippen LogP contribution in [0.4, 0.5) is 8.78 Å². The third-order valence-electron chi connectivity index (χ3n) is 6.64. The van der Waals surface area contributed by atoms with Crippen molar-refractivity contribution >= 4 is 9.84 Å². The van der Waals surface area contributed by atoms with Crippen molar-refractivity contribution in [2.24, 2.45) is 0 Å². The van der Waals surface area contributed by atoms with Crippen molar-refractivity contribution < 1.29 is 22.3 Å². The highest BCUT2D eigenvalue weighted by Gasteiger charge is 2.49. The number of aliphatic hydroxyl groups is 1. The lowest BCUT2D eigenvalue weighted by Crippen LogP contribution is -2.50. The Hall–Kier alpha value is -2.64. The van der Waals surface area contributed by atoms with Gasteiger partial charge in [0.15, 0.2) is 9.84 Å². The van der Waals surface area contributed by atoms with E-state index in [4.69, 9.17) is 0 Å². The summed E-state index contributed by atoms with van der Waals surface area (Å²) in [6, 6.07) is 16.0. The molecule has 0 bridgehead atoms. The van der Waals surface area contributed by atoms with E-state index in [2.05, 4.69) is 18.0 Å². The van der Waals surface area contributed by atoms with Crippen LogP contribution >= 0.6 is 0 Å². The molecule has 3 atom stereocenters. The minimum Gasteiger partial charge on any atom is -0.377 e. The SMILES string of the molecule is C=CC(F)(F)c1ccccc1S(=O)(=O)C1CC(C(O)NC2(C#N)CC2)N(Cc2ccccc2)C1. The molecule has 1 aliphatic carbocycles. The van der Waals surface area contributed by atoms with Crippen molar-refractivity contribution in [3.05, 3.63) is 78.4 Å². The third kappa shape index (κ3) is 4.77. The lowest BCUT2D eigenvalue weighted by atomic mass is 10.1. The number of alkyl halides is 2. The van der Waals surface area contributed by atoms with Crippen molar-refractivity contribution in [1.82, 2.24) is 10.2 Å². The molecular formula is C25H27F2N3O3S. The zero-order chi connectivity index (χ0) is 24.6. The molecule has 9 heteroatoms. The Labute approximate surface area is 198 Å². The van der Waals surface area contributed by atoms with Crippen LogP contribution in [0, 0.1) is 11.3 Å². The smallest absolute Gasteiger partial charge is 0.292 e. The molecule has 2 aliphatic rings. The van der Waals surface area contributed by atoms with E-state index in [9.17, 15) is 27.6 Å². The molecule has 2 aromatic carbocycles. The van der Waals surface area contributed by atoms with Gasteiger partial charge in [0.2, 0.25) is 0 Å². The highest BCUT2D eigenvalue weighted by Crippen LogP contribution is 2.39. The number of hydrogen-bond acceptors (Lipinski definition) is 6. The topological polar surface area (TPSA) is 93.4 Å². The normalized spacial score (nSPS) is 23.2. The molecule has 2 aromatic rings. The fourth-order valence-corrected chi connectivity index (χ4v) is 6.49. The highest BCUT2D eigenvalue weighted by molar-refractivity contribution is 7.92. The van der Waals surface area contributed by atoms with Crippen molar-refractivity contribution in [3.8, 4) is 6.07 Å². The molecule has 34 heavy (non-hydrogen) atoms. The maximum atomic E-state index is 14.5. The van der Waals surface area contributed by atoms with E-state index in [1.165, 1.54) is 18.2 Å². The number of likely N-dealkylation sites (tertiary alicyclic amines) is 1. The largest absolute Gasteiger partial charge is 0.377 e. The Morgan fingerprint density at radius 1 is 1.24 bits per heavy atom. The molecule has 4 rings (SSSR count). The van der Waals surface area contributed by atoms with Gasteiger partial charge in [-0.2, -0.15) is 14.0 Å². The van der Waals surface area contributed by atoms with Crippen LogP contribution in [-0.2, 0) is 22.3 Å². The number of nitrogens with one attached hydrogen (secondary N) is 1. The summed E-state index contributed by atoms with van der Waals surface area (Å²) in [5.41, 5.74) is -0.478. The van der Waals surface area contributed by atoms with Crippen LogP contribution in [0.1, 0.15) is 30.4 Å². The van der Waals surface area contributed by atoms with E-state index in [0.29, 0.717) is 25.5 Å². The highest BCUT2D eigenvalue weighted by atomic mass is 32.2. The summed E-state index contributed by atoms with van der Waals surface area (Å²) in [4.78, 5) is 1.42. The molecule has 1 saturated heterocycles. The number of sulfone groups is 1. The zero-order valence-electron chi connectivity index (χ0n) is 18.6. The van der Waals surface area contributed by atoms with Crippen LogP contribution in [-0.4, -0.2) is 48.0 Å². The fourth-order valence-electron chi connectivity index (χ4n) is 4.52. The second kappa shape index (κ2) is 9.19. The summed E-state index contributed by atoms with van der Waals surface area (Å²) in [6.45, 7) is 3.59. The van der Waals surface area contributed by atoms with E-state index >= 15 is 0 Å². The lowest BCUT2D eigenvalue weighted by Gasteiger charge is -2.30. The first-order chi connectivity index (χ1) is 16.1. The zero-order valence-corrected chi connectivity index (χ0v) is 19.4. The second-order valence-electron chi connectivity index (χ2n) is 8.99. The summed E-state index contributed by atoms with van der Waals surface area (Å²) < 4.78 is 56.2. The summed E-state index contributed by atoms with van der Waals surface area (Å²) in [6.07, 6.45) is 0.551. The van der Waals surface area contributed by atoms with E-state index in [0.717, 1.165) is 11.6 Å². The molecule has 1 aliphatic heterocycles. The van der Waals surface area contributed by atoms with E-state index in [-0.39, 0.29) is 13.0 Å². The van der Waals surface area contributed by atoms with Gasteiger partial charge in [0.05, 0.1) is 22.3 Å². The van der Waals surface area contributed by atoms with E-state index in [1.807, 2.05) is 35.2 Å². The Morgan fingerprint density at radius 2 is 1.88 bits per heavy atom. The van der Waals surface area contributed by atoms with Gasteiger partial charge in [0.25, 0.3) is 5.92 Å². The molecule has 3 unspecified atom stereocenters. The van der Waals surface area contributed by atoms with Gasteiger partial charge in [0.1, 0.15) is 11.8 Å². The fraction of sp³-hybridized carbons (Fsp3) is 0.400. The summed E-state index contributed by atoms with van der Waals surface area (Å²) >= 11 is 0. The standard InChI is InChI=1S/C25H27F2N3O3S/c1-2-25(26,27)20-10-6-7-11-22(20)34(32,33)19-14-21(23(31)29-24(17-28)12-13-24)30(16-19)15-18-8-4-3-5-9-18/h2-11,19,21,23,29,31H,1,12-16H2. The Kier molecular flexibility index (Phi) is 6.62. The van der Waals surface area contributed by atoms with Crippen LogP contribution < -0.4 is 5.32 Å². The van der Waals surface area contributed by atoms with Crippen molar-refractivity contribution in [2.75, 3.05) is 6.54 Å². The molecule has 6 nitrogen and oxygen atoms in total. The van der Waals surface area contributed by atoms with Gasteiger partial charge in [-0.25, -0.2) is 8.42 Å². The molecule has 180 valence electrons. The summed E-state index contributed by atoms with van der Waals surface area (Å²) in [5, 5.41) is 22.3. The molecule has 1 saturated carbocycles. The number of aliphatic hydroxyl groups excluding tert-OH is 1. The summed E-state index contributed by atoms with van der Waals surface area (Å²) in [7, 11) is -4.16. The molecule has 2 fully saturated rings. The predicted octanol–water partition coefficient (Wildman–Crippen LogP) is 3.35. The van der Waals surface area contributed by atoms with Crippen LogP contribution in [0.3, 0.4) is 0 Å². The van der Waals surface area contributed by atoms with Crippen LogP contribution in [0.25, 0.3) is 0 Å². The van der Waals surface area contributed by atoms with Crippen LogP contribution in [0.5, 0.6) is 0 Å². The number of benzene rings is 2. The van der Waals surface area contributed by atoms with Gasteiger partial charge in [-0.1, -0.05) is 55.1 Å².